The summed E-state index contributed by atoms with van der Waals surface area (Å²) in [6.45, 7) is 1.31. The first kappa shape index (κ1) is 21.0. The van der Waals surface area contributed by atoms with Gasteiger partial charge in [-0.25, -0.2) is 19.3 Å². The number of halogens is 1. The SMILES string of the molecule is COc1ccc(-c2noc(N(C(C)=O)c3ccccc3F)c2-c2ccncn2)cc1OC. The molecule has 0 radical (unpaired) electrons. The molecule has 4 aromatic rings. The number of ether oxygens (including phenoxy) is 2. The highest BCUT2D eigenvalue weighted by atomic mass is 19.1. The quantitative estimate of drug-likeness (QED) is 0.437. The van der Waals surface area contributed by atoms with Gasteiger partial charge in [0.1, 0.15) is 17.8 Å². The molecule has 0 unspecified atom stereocenters. The van der Waals surface area contributed by atoms with Gasteiger partial charge in [-0.15, -0.1) is 0 Å². The minimum absolute atomic E-state index is 0.0327. The summed E-state index contributed by atoms with van der Waals surface area (Å²) in [5, 5.41) is 4.20. The standard InChI is InChI=1S/C23H19FN4O4/c1-14(29)28(18-7-5-4-6-16(18)24)23-21(17-10-11-25-13-26-17)22(27-32-23)15-8-9-19(30-2)20(12-15)31-3/h4-13H,1-3H3. The number of benzene rings is 2. The fourth-order valence-electron chi connectivity index (χ4n) is 3.34. The molecule has 0 fully saturated rings. The van der Waals surface area contributed by atoms with E-state index in [1.165, 1.54) is 45.7 Å². The number of anilines is 2. The van der Waals surface area contributed by atoms with Crippen LogP contribution in [0.4, 0.5) is 16.0 Å². The molecule has 2 aromatic carbocycles. The van der Waals surface area contributed by atoms with E-state index in [2.05, 4.69) is 15.1 Å². The summed E-state index contributed by atoms with van der Waals surface area (Å²) < 4.78 is 30.9. The van der Waals surface area contributed by atoms with Crippen LogP contribution >= 0.6 is 0 Å². The summed E-state index contributed by atoms with van der Waals surface area (Å²) in [7, 11) is 3.06. The molecule has 2 heterocycles. The molecule has 0 saturated carbocycles. The van der Waals surface area contributed by atoms with Crippen molar-refractivity contribution in [3.63, 3.8) is 0 Å². The molecular formula is C23H19FN4O4. The number of hydrogen-bond acceptors (Lipinski definition) is 7. The lowest BCUT2D eigenvalue weighted by atomic mass is 10.0. The molecule has 0 spiro atoms. The molecule has 0 saturated heterocycles. The summed E-state index contributed by atoms with van der Waals surface area (Å²) in [5.41, 5.74) is 1.90. The van der Waals surface area contributed by atoms with Gasteiger partial charge in [0.05, 0.1) is 31.2 Å². The lowest BCUT2D eigenvalue weighted by molar-refractivity contribution is -0.116. The van der Waals surface area contributed by atoms with Crippen molar-refractivity contribution in [1.82, 2.24) is 15.1 Å². The predicted molar refractivity (Wildman–Crippen MR) is 115 cm³/mol. The van der Waals surface area contributed by atoms with Gasteiger partial charge in [0.15, 0.2) is 11.5 Å². The minimum Gasteiger partial charge on any atom is -0.493 e. The van der Waals surface area contributed by atoms with Crippen molar-refractivity contribution in [3.8, 4) is 34.0 Å². The monoisotopic (exact) mass is 434 g/mol. The largest absolute Gasteiger partial charge is 0.493 e. The zero-order valence-corrected chi connectivity index (χ0v) is 17.6. The van der Waals surface area contributed by atoms with E-state index in [1.54, 1.807) is 36.5 Å². The Kier molecular flexibility index (Phi) is 5.80. The van der Waals surface area contributed by atoms with Crippen LogP contribution in [0.2, 0.25) is 0 Å². The van der Waals surface area contributed by atoms with Crippen molar-refractivity contribution in [2.75, 3.05) is 19.1 Å². The van der Waals surface area contributed by atoms with E-state index in [1.807, 2.05) is 0 Å². The maximum absolute atomic E-state index is 14.6. The van der Waals surface area contributed by atoms with E-state index in [-0.39, 0.29) is 11.6 Å². The van der Waals surface area contributed by atoms with E-state index in [0.717, 1.165) is 4.90 Å². The molecule has 0 N–H and O–H groups in total. The summed E-state index contributed by atoms with van der Waals surface area (Å²) in [4.78, 5) is 22.0. The number of carbonyl (C=O) groups excluding carboxylic acids is 1. The van der Waals surface area contributed by atoms with Crippen LogP contribution in [0.1, 0.15) is 6.92 Å². The van der Waals surface area contributed by atoms with Crippen LogP contribution in [-0.2, 0) is 4.79 Å². The van der Waals surface area contributed by atoms with Crippen LogP contribution in [0.3, 0.4) is 0 Å². The van der Waals surface area contributed by atoms with Crippen molar-refractivity contribution in [2.45, 2.75) is 6.92 Å². The molecule has 1 amide bonds. The van der Waals surface area contributed by atoms with E-state index in [9.17, 15) is 9.18 Å². The van der Waals surface area contributed by atoms with Crippen LogP contribution < -0.4 is 14.4 Å². The van der Waals surface area contributed by atoms with Gasteiger partial charge in [0, 0.05) is 18.7 Å². The summed E-state index contributed by atoms with van der Waals surface area (Å²) in [6, 6.07) is 12.8. The van der Waals surface area contributed by atoms with Gasteiger partial charge < -0.3 is 14.0 Å². The summed E-state index contributed by atoms with van der Waals surface area (Å²) >= 11 is 0. The molecule has 2 aromatic heterocycles. The Labute approximate surface area is 183 Å². The first-order chi connectivity index (χ1) is 15.5. The Morgan fingerprint density at radius 3 is 2.50 bits per heavy atom. The second kappa shape index (κ2) is 8.84. The lowest BCUT2D eigenvalue weighted by Gasteiger charge is -2.19. The van der Waals surface area contributed by atoms with Gasteiger partial charge in [0.2, 0.25) is 11.8 Å². The predicted octanol–water partition coefficient (Wildman–Crippen LogP) is 4.64. The molecular weight excluding hydrogens is 415 g/mol. The number of rotatable bonds is 6. The van der Waals surface area contributed by atoms with Crippen molar-refractivity contribution < 1.29 is 23.2 Å². The van der Waals surface area contributed by atoms with Crippen LogP contribution in [0.25, 0.3) is 22.5 Å². The first-order valence-electron chi connectivity index (χ1n) is 9.58. The molecule has 9 heteroatoms. The van der Waals surface area contributed by atoms with Crippen molar-refractivity contribution in [2.24, 2.45) is 0 Å². The average molecular weight is 434 g/mol. The molecule has 0 aliphatic rings. The highest BCUT2D eigenvalue weighted by Gasteiger charge is 2.30. The van der Waals surface area contributed by atoms with E-state index < -0.39 is 11.7 Å². The molecule has 32 heavy (non-hydrogen) atoms. The Morgan fingerprint density at radius 2 is 1.84 bits per heavy atom. The number of aromatic nitrogens is 3. The lowest BCUT2D eigenvalue weighted by Crippen LogP contribution is -2.24. The maximum atomic E-state index is 14.6. The topological polar surface area (TPSA) is 90.6 Å². The molecule has 8 nitrogen and oxygen atoms in total. The summed E-state index contributed by atoms with van der Waals surface area (Å²) in [5.74, 6) is 0.0212. The van der Waals surface area contributed by atoms with Crippen LogP contribution in [-0.4, -0.2) is 35.3 Å². The average Bonchev–Trinajstić information content (AvgIpc) is 3.25. The highest BCUT2D eigenvalue weighted by molar-refractivity contribution is 6.03. The fraction of sp³-hybridized carbons (Fsp3) is 0.130. The van der Waals surface area contributed by atoms with Crippen LogP contribution in [0.15, 0.2) is 65.6 Å². The third-order valence-corrected chi connectivity index (χ3v) is 4.78. The second-order valence-corrected chi connectivity index (χ2v) is 6.68. The molecule has 0 aliphatic carbocycles. The third kappa shape index (κ3) is 3.76. The van der Waals surface area contributed by atoms with Crippen LogP contribution in [0, 0.1) is 5.82 Å². The van der Waals surface area contributed by atoms with E-state index in [4.69, 9.17) is 14.0 Å². The molecule has 4 rings (SSSR count). The molecule has 0 bridgehead atoms. The number of hydrogen-bond donors (Lipinski definition) is 0. The first-order valence-corrected chi connectivity index (χ1v) is 9.58. The number of methoxy groups -OCH3 is 2. The summed E-state index contributed by atoms with van der Waals surface area (Å²) in [6.07, 6.45) is 2.92. The van der Waals surface area contributed by atoms with Crippen LogP contribution in [0.5, 0.6) is 11.5 Å². The fourth-order valence-corrected chi connectivity index (χ4v) is 3.34. The number of para-hydroxylation sites is 1. The van der Waals surface area contributed by atoms with Gasteiger partial charge in [-0.3, -0.25) is 4.79 Å². The minimum atomic E-state index is -0.583. The Balaban J connectivity index is 1.97. The number of nitrogens with zero attached hydrogens (tertiary/aromatic N) is 4. The number of amides is 1. The van der Waals surface area contributed by atoms with E-state index in [0.29, 0.717) is 34.0 Å². The molecule has 162 valence electrons. The number of carbonyl (C=O) groups is 1. The van der Waals surface area contributed by atoms with Gasteiger partial charge in [0.25, 0.3) is 0 Å². The third-order valence-electron chi connectivity index (χ3n) is 4.78. The van der Waals surface area contributed by atoms with E-state index >= 15 is 0 Å². The molecule has 0 atom stereocenters. The maximum Gasteiger partial charge on any atom is 0.248 e. The Bertz CT molecular complexity index is 1260. The van der Waals surface area contributed by atoms with Crippen molar-refractivity contribution >= 4 is 17.5 Å². The van der Waals surface area contributed by atoms with Crippen molar-refractivity contribution in [3.05, 3.63) is 66.9 Å². The normalized spacial score (nSPS) is 10.6. The smallest absolute Gasteiger partial charge is 0.248 e. The van der Waals surface area contributed by atoms with Crippen molar-refractivity contribution in [1.29, 1.82) is 0 Å². The Hall–Kier alpha value is -4.27. The zero-order valence-electron chi connectivity index (χ0n) is 17.6. The Morgan fingerprint density at radius 1 is 1.06 bits per heavy atom. The van der Waals surface area contributed by atoms with Gasteiger partial charge >= 0.3 is 0 Å². The van der Waals surface area contributed by atoms with Gasteiger partial charge in [-0.1, -0.05) is 17.3 Å². The zero-order chi connectivity index (χ0) is 22.7. The highest BCUT2D eigenvalue weighted by Crippen LogP contribution is 2.43. The van der Waals surface area contributed by atoms with Gasteiger partial charge in [-0.2, -0.15) is 0 Å². The molecule has 0 aliphatic heterocycles. The second-order valence-electron chi connectivity index (χ2n) is 6.68. The van der Waals surface area contributed by atoms with Gasteiger partial charge in [-0.05, 0) is 36.4 Å².